The first-order chi connectivity index (χ1) is 12.8. The molecule has 1 amide bonds. The van der Waals surface area contributed by atoms with E-state index in [4.69, 9.17) is 0 Å². The van der Waals surface area contributed by atoms with Gasteiger partial charge in [-0.25, -0.2) is 9.07 Å². The van der Waals surface area contributed by atoms with Crippen LogP contribution in [0.2, 0.25) is 0 Å². The average Bonchev–Trinajstić information content (AvgIpc) is 3.11. The summed E-state index contributed by atoms with van der Waals surface area (Å²) in [7, 11) is 0. The van der Waals surface area contributed by atoms with Gasteiger partial charge in [0.15, 0.2) is 0 Å². The molecule has 140 valence electrons. The van der Waals surface area contributed by atoms with Crippen LogP contribution in [0, 0.1) is 6.92 Å². The molecule has 1 aromatic carbocycles. The molecule has 0 aliphatic rings. The summed E-state index contributed by atoms with van der Waals surface area (Å²) in [6.45, 7) is 1.71. The van der Waals surface area contributed by atoms with Gasteiger partial charge in [0.2, 0.25) is 0 Å². The minimum atomic E-state index is -4.48. The Labute approximate surface area is 157 Å². The number of hydrogen-bond acceptors (Lipinski definition) is 4. The molecule has 0 spiro atoms. The van der Waals surface area contributed by atoms with E-state index in [1.54, 1.807) is 35.5 Å². The van der Waals surface area contributed by atoms with Gasteiger partial charge in [-0.3, -0.25) is 4.79 Å². The molecule has 0 unspecified atom stereocenters. The van der Waals surface area contributed by atoms with E-state index in [0.29, 0.717) is 11.3 Å². The van der Waals surface area contributed by atoms with Crippen molar-refractivity contribution in [3.63, 3.8) is 0 Å². The molecule has 0 aliphatic carbocycles. The third-order valence-electron chi connectivity index (χ3n) is 3.80. The summed E-state index contributed by atoms with van der Waals surface area (Å²) in [5, 5.41) is 6.62. The van der Waals surface area contributed by atoms with Crippen molar-refractivity contribution in [3.8, 4) is 11.3 Å². The number of nitrogens with one attached hydrogen (secondary N) is 1. The predicted molar refractivity (Wildman–Crippen MR) is 98.5 cm³/mol. The molecule has 1 N–H and O–H groups in total. The number of rotatable bonds is 4. The van der Waals surface area contributed by atoms with Gasteiger partial charge in [-0.1, -0.05) is 12.1 Å². The molecule has 2 aromatic heterocycles. The lowest BCUT2D eigenvalue weighted by Crippen LogP contribution is -2.16. The predicted octanol–water partition coefficient (Wildman–Crippen LogP) is 4.65. The van der Waals surface area contributed by atoms with E-state index in [0.717, 1.165) is 17.7 Å². The van der Waals surface area contributed by atoms with Crippen molar-refractivity contribution in [1.82, 2.24) is 14.2 Å². The maximum absolute atomic E-state index is 12.8. The summed E-state index contributed by atoms with van der Waals surface area (Å²) in [6.07, 6.45) is 0.791. The van der Waals surface area contributed by atoms with Crippen molar-refractivity contribution < 1.29 is 18.0 Å². The van der Waals surface area contributed by atoms with Gasteiger partial charge in [0, 0.05) is 23.7 Å². The monoisotopic (exact) mass is 392 g/mol. The molecule has 9 heteroatoms. The molecule has 0 radical (unpaired) electrons. The number of anilines is 1. The number of hydrogen-bond donors (Lipinski definition) is 1. The van der Waals surface area contributed by atoms with Crippen molar-refractivity contribution >= 4 is 23.5 Å². The largest absolute Gasteiger partial charge is 0.416 e. The molecule has 0 fully saturated rings. The molecule has 0 saturated carbocycles. The number of aryl methyl sites for hydroxylation is 1. The molecular weight excluding hydrogens is 377 g/mol. The van der Waals surface area contributed by atoms with Gasteiger partial charge in [-0.2, -0.15) is 18.3 Å². The van der Waals surface area contributed by atoms with E-state index in [1.165, 1.54) is 24.1 Å². The summed E-state index contributed by atoms with van der Waals surface area (Å²) in [5.41, 5.74) is 1.26. The van der Waals surface area contributed by atoms with Crippen molar-refractivity contribution in [3.05, 3.63) is 65.6 Å². The first-order valence-corrected chi connectivity index (χ1v) is 9.02. The highest BCUT2D eigenvalue weighted by Crippen LogP contribution is 2.30. The summed E-state index contributed by atoms with van der Waals surface area (Å²) >= 11 is 1.41. The molecule has 0 aliphatic heterocycles. The minimum absolute atomic E-state index is 0.0524. The van der Waals surface area contributed by atoms with Crippen LogP contribution < -0.4 is 5.32 Å². The minimum Gasteiger partial charge on any atom is -0.321 e. The maximum Gasteiger partial charge on any atom is 0.416 e. The third-order valence-corrected chi connectivity index (χ3v) is 4.38. The first-order valence-electron chi connectivity index (χ1n) is 7.83. The van der Waals surface area contributed by atoms with Crippen LogP contribution in [-0.2, 0) is 6.18 Å². The smallest absolute Gasteiger partial charge is 0.321 e. The van der Waals surface area contributed by atoms with Gasteiger partial charge in [0.05, 0.1) is 17.5 Å². The quantitative estimate of drug-likeness (QED) is 0.702. The molecule has 27 heavy (non-hydrogen) atoms. The van der Waals surface area contributed by atoms with E-state index in [9.17, 15) is 18.0 Å². The van der Waals surface area contributed by atoms with E-state index in [2.05, 4.69) is 15.4 Å². The van der Waals surface area contributed by atoms with E-state index in [-0.39, 0.29) is 11.4 Å². The number of amides is 1. The molecular formula is C18H15F3N4OS. The number of carbonyl (C=O) groups is 1. The van der Waals surface area contributed by atoms with E-state index >= 15 is 0 Å². The van der Waals surface area contributed by atoms with Gasteiger partial charge < -0.3 is 5.32 Å². The van der Waals surface area contributed by atoms with Gasteiger partial charge in [-0.15, -0.1) is 0 Å². The topological polar surface area (TPSA) is 59.8 Å². The Hall–Kier alpha value is -2.81. The van der Waals surface area contributed by atoms with Crippen molar-refractivity contribution in [2.45, 2.75) is 13.1 Å². The fraction of sp³-hybridized carbons (Fsp3) is 0.167. The average molecular weight is 392 g/mol. The second kappa shape index (κ2) is 7.43. The van der Waals surface area contributed by atoms with E-state index in [1.807, 2.05) is 6.26 Å². The normalized spacial score (nSPS) is 11.4. The Morgan fingerprint density at radius 2 is 2.00 bits per heavy atom. The zero-order valence-electron chi connectivity index (χ0n) is 14.4. The van der Waals surface area contributed by atoms with Crippen LogP contribution in [0.4, 0.5) is 18.9 Å². The summed E-state index contributed by atoms with van der Waals surface area (Å²) in [6, 6.07) is 7.97. The van der Waals surface area contributed by atoms with Crippen LogP contribution in [0.1, 0.15) is 21.6 Å². The summed E-state index contributed by atoms with van der Waals surface area (Å²) < 4.78 is 40.1. The molecule has 5 nitrogen and oxygen atoms in total. The highest BCUT2D eigenvalue weighted by Gasteiger charge is 2.30. The van der Waals surface area contributed by atoms with Crippen molar-refractivity contribution in [2.75, 3.05) is 11.6 Å². The number of benzene rings is 1. The Kier molecular flexibility index (Phi) is 5.22. The number of nitrogens with zero attached hydrogens (tertiary/aromatic N) is 3. The first kappa shape index (κ1) is 19.0. The molecule has 3 rings (SSSR count). The van der Waals surface area contributed by atoms with Crippen molar-refractivity contribution in [1.29, 1.82) is 0 Å². The Bertz CT molecular complexity index is 985. The lowest BCUT2D eigenvalue weighted by atomic mass is 10.1. The molecule has 0 saturated heterocycles. The molecule has 2 heterocycles. The number of pyridine rings is 1. The van der Waals surface area contributed by atoms with Gasteiger partial charge in [0.1, 0.15) is 5.69 Å². The van der Waals surface area contributed by atoms with Gasteiger partial charge in [-0.05, 0) is 48.7 Å². The summed E-state index contributed by atoms with van der Waals surface area (Å²) in [4.78, 5) is 16.9. The third kappa shape index (κ3) is 4.30. The van der Waals surface area contributed by atoms with Gasteiger partial charge >= 0.3 is 6.18 Å². The zero-order valence-corrected chi connectivity index (χ0v) is 15.2. The molecule has 3 aromatic rings. The Balaban J connectivity index is 1.87. The Morgan fingerprint density at radius 3 is 2.67 bits per heavy atom. The van der Waals surface area contributed by atoms with Crippen LogP contribution >= 0.6 is 11.9 Å². The fourth-order valence-corrected chi connectivity index (χ4v) is 2.78. The van der Waals surface area contributed by atoms with E-state index < -0.39 is 17.6 Å². The number of carbonyl (C=O) groups excluding carboxylic acids is 1. The number of halogens is 3. The van der Waals surface area contributed by atoms with Crippen LogP contribution in [0.3, 0.4) is 0 Å². The fourth-order valence-electron chi connectivity index (χ4n) is 2.42. The van der Waals surface area contributed by atoms with Gasteiger partial charge in [0.25, 0.3) is 5.91 Å². The summed E-state index contributed by atoms with van der Waals surface area (Å²) in [5.74, 6) is -0.578. The molecule has 0 atom stereocenters. The van der Waals surface area contributed by atoms with Crippen LogP contribution in [0.15, 0.2) is 48.8 Å². The second-order valence-corrected chi connectivity index (χ2v) is 6.45. The second-order valence-electron chi connectivity index (χ2n) is 5.71. The number of aromatic nitrogens is 3. The zero-order chi connectivity index (χ0) is 19.6. The number of alkyl halides is 3. The van der Waals surface area contributed by atoms with Crippen LogP contribution in [0.5, 0.6) is 0 Å². The standard InChI is InChI=1S/C18H15F3N4OS/c1-11-6-7-15(12-9-22-25(10-12)27-2)24-16(11)17(26)23-14-5-3-4-13(8-14)18(19,20)21/h3-10H,1-2H3,(H,23,26). The highest BCUT2D eigenvalue weighted by atomic mass is 32.2. The maximum atomic E-state index is 12.8. The highest BCUT2D eigenvalue weighted by molar-refractivity contribution is 7.97. The Morgan fingerprint density at radius 1 is 1.22 bits per heavy atom. The van der Waals surface area contributed by atoms with Crippen LogP contribution in [0.25, 0.3) is 11.3 Å². The van der Waals surface area contributed by atoms with Crippen LogP contribution in [-0.4, -0.2) is 26.3 Å². The molecule has 0 bridgehead atoms. The SMILES string of the molecule is CSn1cc(-c2ccc(C)c(C(=O)Nc3cccc(C(F)(F)F)c3)n2)cn1. The lowest BCUT2D eigenvalue weighted by molar-refractivity contribution is -0.137. The lowest BCUT2D eigenvalue weighted by Gasteiger charge is -2.11. The van der Waals surface area contributed by atoms with Crippen molar-refractivity contribution in [2.24, 2.45) is 0 Å².